The third-order valence-electron chi connectivity index (χ3n) is 4.06. The van der Waals surface area contributed by atoms with Crippen LogP contribution >= 0.6 is 0 Å². The largest absolute Gasteiger partial charge is 0.463 e. The fourth-order valence-electron chi connectivity index (χ4n) is 2.61. The van der Waals surface area contributed by atoms with Gasteiger partial charge in [-0.05, 0) is 32.0 Å². The third kappa shape index (κ3) is 5.12. The van der Waals surface area contributed by atoms with Crippen LogP contribution in [0.4, 0.5) is 4.79 Å². The summed E-state index contributed by atoms with van der Waals surface area (Å²) in [6.45, 7) is 2.99. The molecular formula is C18H23N3O7S. The molecular weight excluding hydrogens is 402 g/mol. The Morgan fingerprint density at radius 2 is 1.86 bits per heavy atom. The lowest BCUT2D eigenvalue weighted by molar-refractivity contribution is -0.139. The van der Waals surface area contributed by atoms with Crippen LogP contribution in [-0.2, 0) is 24.3 Å². The molecule has 0 aromatic heterocycles. The molecule has 158 valence electrons. The van der Waals surface area contributed by atoms with Crippen LogP contribution in [0, 0.1) is 0 Å². The van der Waals surface area contributed by atoms with E-state index in [2.05, 4.69) is 10.6 Å². The monoisotopic (exact) mass is 425 g/mol. The van der Waals surface area contributed by atoms with Crippen LogP contribution in [0.2, 0.25) is 0 Å². The predicted octanol–water partition coefficient (Wildman–Crippen LogP) is 0.612. The van der Waals surface area contributed by atoms with E-state index in [1.807, 2.05) is 0 Å². The maximum absolute atomic E-state index is 12.4. The van der Waals surface area contributed by atoms with Crippen LogP contribution in [0.15, 0.2) is 40.4 Å². The maximum Gasteiger partial charge on any atom is 0.338 e. The summed E-state index contributed by atoms with van der Waals surface area (Å²) in [4.78, 5) is 36.2. The lowest BCUT2D eigenvalue weighted by Crippen LogP contribution is -2.50. The molecule has 0 saturated carbocycles. The van der Waals surface area contributed by atoms with E-state index in [0.717, 1.165) is 4.31 Å². The Morgan fingerprint density at radius 1 is 1.17 bits per heavy atom. The number of hydrogen-bond donors (Lipinski definition) is 2. The van der Waals surface area contributed by atoms with Crippen molar-refractivity contribution >= 4 is 28.0 Å². The number of sulfonamides is 1. The van der Waals surface area contributed by atoms with E-state index < -0.39 is 40.6 Å². The highest BCUT2D eigenvalue weighted by molar-refractivity contribution is 7.89. The number of carbonyl (C=O) groups excluding carboxylic acids is 3. The molecule has 0 spiro atoms. The first-order valence-electron chi connectivity index (χ1n) is 8.75. The number of nitrogens with zero attached hydrogens (tertiary/aromatic N) is 1. The zero-order chi connectivity index (χ0) is 21.8. The Morgan fingerprint density at radius 3 is 2.48 bits per heavy atom. The van der Waals surface area contributed by atoms with Gasteiger partial charge in [0.05, 0.1) is 34.4 Å². The average molecular weight is 425 g/mol. The summed E-state index contributed by atoms with van der Waals surface area (Å²) in [7, 11) is -0.960. The highest BCUT2D eigenvalue weighted by Gasteiger charge is 2.30. The third-order valence-corrected chi connectivity index (χ3v) is 5.87. The highest BCUT2D eigenvalue weighted by atomic mass is 32.2. The molecule has 1 aliphatic heterocycles. The zero-order valence-electron chi connectivity index (χ0n) is 16.5. The predicted molar refractivity (Wildman–Crippen MR) is 102 cm³/mol. The van der Waals surface area contributed by atoms with Crippen LogP contribution in [0.1, 0.15) is 24.2 Å². The molecule has 1 heterocycles. The molecule has 11 heteroatoms. The molecule has 2 rings (SSSR count). The Kier molecular flexibility index (Phi) is 6.98. The number of hydrogen-bond acceptors (Lipinski definition) is 7. The van der Waals surface area contributed by atoms with Crippen molar-refractivity contribution in [2.45, 2.75) is 24.8 Å². The van der Waals surface area contributed by atoms with Gasteiger partial charge < -0.3 is 20.1 Å². The molecule has 0 fully saturated rings. The first kappa shape index (κ1) is 22.4. The summed E-state index contributed by atoms with van der Waals surface area (Å²) in [5, 5.41) is 4.97. The normalized spacial score (nSPS) is 16.9. The molecule has 1 aromatic rings. The van der Waals surface area contributed by atoms with Crippen molar-refractivity contribution in [3.05, 3.63) is 41.1 Å². The van der Waals surface area contributed by atoms with E-state index in [1.165, 1.54) is 38.4 Å². The van der Waals surface area contributed by atoms with Gasteiger partial charge in [0, 0.05) is 14.1 Å². The van der Waals surface area contributed by atoms with Crippen molar-refractivity contribution in [1.29, 1.82) is 0 Å². The van der Waals surface area contributed by atoms with E-state index in [9.17, 15) is 22.8 Å². The Hall–Kier alpha value is -2.92. The van der Waals surface area contributed by atoms with Crippen LogP contribution < -0.4 is 10.6 Å². The van der Waals surface area contributed by atoms with E-state index in [1.54, 1.807) is 13.8 Å². The van der Waals surface area contributed by atoms with Gasteiger partial charge in [-0.15, -0.1) is 0 Å². The SMILES string of the molecule is CCOC(=O)C1=C(COC(=O)c2cccc(S(=O)(=O)N(C)C)c2)NC(=O)NC1C. The van der Waals surface area contributed by atoms with E-state index in [0.29, 0.717) is 0 Å². The Balaban J connectivity index is 2.23. The number of esters is 2. The van der Waals surface area contributed by atoms with Gasteiger partial charge in [-0.1, -0.05) is 6.07 Å². The van der Waals surface area contributed by atoms with Gasteiger partial charge in [-0.25, -0.2) is 27.1 Å². The molecule has 2 amide bonds. The standard InChI is InChI=1S/C18H23N3O7S/c1-5-27-17(23)15-11(2)19-18(24)20-14(15)10-28-16(22)12-7-6-8-13(9-12)29(25,26)21(3)4/h6-9,11H,5,10H2,1-4H3,(H2,19,20,24). The minimum atomic E-state index is -3.72. The molecule has 10 nitrogen and oxygen atoms in total. The lowest BCUT2D eigenvalue weighted by atomic mass is 10.0. The number of carbonyl (C=O) groups is 3. The smallest absolute Gasteiger partial charge is 0.338 e. The molecule has 0 aliphatic carbocycles. The molecule has 0 saturated heterocycles. The number of rotatable bonds is 7. The summed E-state index contributed by atoms with van der Waals surface area (Å²) < 4.78 is 35.7. The maximum atomic E-state index is 12.4. The molecule has 2 N–H and O–H groups in total. The summed E-state index contributed by atoms with van der Waals surface area (Å²) in [6, 6.07) is 4.21. The van der Waals surface area contributed by atoms with Crippen molar-refractivity contribution < 1.29 is 32.3 Å². The summed E-state index contributed by atoms with van der Waals surface area (Å²) in [6.07, 6.45) is 0. The topological polar surface area (TPSA) is 131 Å². The minimum absolute atomic E-state index is 0.0134. The first-order valence-corrected chi connectivity index (χ1v) is 10.2. The molecule has 1 aromatic carbocycles. The quantitative estimate of drug-likeness (QED) is 0.612. The van der Waals surface area contributed by atoms with E-state index in [4.69, 9.17) is 9.47 Å². The van der Waals surface area contributed by atoms with Gasteiger partial charge in [-0.3, -0.25) is 0 Å². The van der Waals surface area contributed by atoms with Crippen LogP contribution in [-0.4, -0.2) is 64.0 Å². The average Bonchev–Trinajstić information content (AvgIpc) is 2.65. The second-order valence-corrected chi connectivity index (χ2v) is 8.48. The van der Waals surface area contributed by atoms with Gasteiger partial charge in [0.15, 0.2) is 0 Å². The molecule has 0 bridgehead atoms. The lowest BCUT2D eigenvalue weighted by Gasteiger charge is -2.26. The summed E-state index contributed by atoms with van der Waals surface area (Å²) in [5.41, 5.74) is 0.257. The summed E-state index contributed by atoms with van der Waals surface area (Å²) in [5.74, 6) is -1.45. The van der Waals surface area contributed by atoms with E-state index in [-0.39, 0.29) is 28.3 Å². The van der Waals surface area contributed by atoms with Crippen LogP contribution in [0.5, 0.6) is 0 Å². The fourth-order valence-corrected chi connectivity index (χ4v) is 3.56. The second-order valence-electron chi connectivity index (χ2n) is 6.32. The van der Waals surface area contributed by atoms with E-state index >= 15 is 0 Å². The number of urea groups is 1. The molecule has 0 radical (unpaired) electrons. The number of ether oxygens (including phenoxy) is 2. The summed E-state index contributed by atoms with van der Waals surface area (Å²) >= 11 is 0. The molecule has 29 heavy (non-hydrogen) atoms. The van der Waals surface area contributed by atoms with Crippen molar-refractivity contribution in [1.82, 2.24) is 14.9 Å². The van der Waals surface area contributed by atoms with Gasteiger partial charge in [0.2, 0.25) is 10.0 Å². The molecule has 1 unspecified atom stereocenters. The second kappa shape index (κ2) is 9.05. The Bertz CT molecular complexity index is 954. The first-order chi connectivity index (χ1) is 13.6. The van der Waals surface area contributed by atoms with Crippen molar-refractivity contribution in [2.75, 3.05) is 27.3 Å². The number of amides is 2. The highest BCUT2D eigenvalue weighted by Crippen LogP contribution is 2.17. The van der Waals surface area contributed by atoms with Crippen molar-refractivity contribution in [3.63, 3.8) is 0 Å². The fraction of sp³-hybridized carbons (Fsp3) is 0.389. The van der Waals surface area contributed by atoms with Gasteiger partial charge in [-0.2, -0.15) is 0 Å². The Labute approximate surface area is 168 Å². The van der Waals surface area contributed by atoms with Crippen molar-refractivity contribution in [2.24, 2.45) is 0 Å². The van der Waals surface area contributed by atoms with Crippen LogP contribution in [0.3, 0.4) is 0 Å². The number of benzene rings is 1. The van der Waals surface area contributed by atoms with Gasteiger partial charge in [0.25, 0.3) is 0 Å². The van der Waals surface area contributed by atoms with Gasteiger partial charge >= 0.3 is 18.0 Å². The minimum Gasteiger partial charge on any atom is -0.463 e. The van der Waals surface area contributed by atoms with Gasteiger partial charge in [0.1, 0.15) is 6.61 Å². The van der Waals surface area contributed by atoms with Crippen LogP contribution in [0.25, 0.3) is 0 Å². The number of nitrogens with one attached hydrogen (secondary N) is 2. The van der Waals surface area contributed by atoms with Crippen molar-refractivity contribution in [3.8, 4) is 0 Å². The zero-order valence-corrected chi connectivity index (χ0v) is 17.3. The molecule has 1 atom stereocenters. The molecule has 1 aliphatic rings.